The van der Waals surface area contributed by atoms with Gasteiger partial charge in [0.15, 0.2) is 0 Å². The Morgan fingerprint density at radius 2 is 1.77 bits per heavy atom. The van der Waals surface area contributed by atoms with Crippen LogP contribution in [0.1, 0.15) is 16.8 Å². The van der Waals surface area contributed by atoms with Crippen molar-refractivity contribution in [2.24, 2.45) is 0 Å². The highest BCUT2D eigenvalue weighted by Gasteiger charge is 2.16. The molecule has 0 radical (unpaired) electrons. The lowest BCUT2D eigenvalue weighted by atomic mass is 10.1. The van der Waals surface area contributed by atoms with Crippen LogP contribution in [0.3, 0.4) is 0 Å². The van der Waals surface area contributed by atoms with E-state index in [1.54, 1.807) is 12.3 Å². The van der Waals surface area contributed by atoms with Crippen molar-refractivity contribution in [3.8, 4) is 11.1 Å². The topological polar surface area (TPSA) is 73.7 Å². The second-order valence-electron chi connectivity index (χ2n) is 4.92. The number of carbonyl (C=O) groups is 1. The van der Waals surface area contributed by atoms with Crippen molar-refractivity contribution in [1.29, 1.82) is 0 Å². The van der Waals surface area contributed by atoms with Crippen LogP contribution in [0, 0.1) is 0 Å². The van der Waals surface area contributed by atoms with Gasteiger partial charge in [0.25, 0.3) is 5.91 Å². The van der Waals surface area contributed by atoms with Crippen molar-refractivity contribution in [2.45, 2.75) is 6.42 Å². The number of pyridine rings is 1. The molecule has 2 aromatic rings. The Kier molecular flexibility index (Phi) is 6.06. The summed E-state index contributed by atoms with van der Waals surface area (Å²) >= 11 is 0. The van der Waals surface area contributed by atoms with E-state index in [-0.39, 0.29) is 25.7 Å². The molecular weight excluding hydrogens is 280 g/mol. The zero-order valence-electron chi connectivity index (χ0n) is 12.4. The van der Waals surface area contributed by atoms with Crippen molar-refractivity contribution < 1.29 is 15.0 Å². The summed E-state index contributed by atoms with van der Waals surface area (Å²) in [7, 11) is 0. The molecule has 5 heteroatoms. The number of aliphatic hydroxyl groups is 2. The second kappa shape index (κ2) is 8.26. The number of nitrogens with zero attached hydrogens (tertiary/aromatic N) is 2. The number of aromatic nitrogens is 1. The highest BCUT2D eigenvalue weighted by atomic mass is 16.3. The molecule has 2 N–H and O–H groups in total. The Bertz CT molecular complexity index is 602. The first-order chi connectivity index (χ1) is 10.8. The van der Waals surface area contributed by atoms with Gasteiger partial charge in [-0.05, 0) is 18.1 Å². The van der Waals surface area contributed by atoms with Gasteiger partial charge < -0.3 is 15.1 Å². The van der Waals surface area contributed by atoms with Crippen LogP contribution in [0.4, 0.5) is 0 Å². The molecule has 0 spiro atoms. The molecule has 0 unspecified atom stereocenters. The van der Waals surface area contributed by atoms with Crippen molar-refractivity contribution in [3.05, 3.63) is 54.4 Å². The Morgan fingerprint density at radius 1 is 1.00 bits per heavy atom. The summed E-state index contributed by atoms with van der Waals surface area (Å²) in [4.78, 5) is 18.2. The molecule has 1 heterocycles. The minimum atomic E-state index is -0.187. The van der Waals surface area contributed by atoms with Crippen LogP contribution in [-0.4, -0.2) is 52.3 Å². The maximum absolute atomic E-state index is 12.5. The first-order valence-corrected chi connectivity index (χ1v) is 7.27. The van der Waals surface area contributed by atoms with E-state index >= 15 is 0 Å². The Labute approximate surface area is 129 Å². The molecule has 0 atom stereocenters. The highest BCUT2D eigenvalue weighted by Crippen LogP contribution is 2.19. The van der Waals surface area contributed by atoms with Crippen LogP contribution < -0.4 is 0 Å². The predicted octanol–water partition coefficient (Wildman–Crippen LogP) is 1.57. The third kappa shape index (κ3) is 4.13. The fraction of sp³-hybridized carbons (Fsp3) is 0.294. The normalized spacial score (nSPS) is 10.5. The number of hydrogen-bond donors (Lipinski definition) is 2. The lowest BCUT2D eigenvalue weighted by Crippen LogP contribution is -2.34. The van der Waals surface area contributed by atoms with Crippen molar-refractivity contribution >= 4 is 5.91 Å². The quantitative estimate of drug-likeness (QED) is 0.814. The van der Waals surface area contributed by atoms with Crippen LogP contribution >= 0.6 is 0 Å². The van der Waals surface area contributed by atoms with Gasteiger partial charge in [0, 0.05) is 37.7 Å². The van der Waals surface area contributed by atoms with Gasteiger partial charge in [-0.15, -0.1) is 0 Å². The molecule has 0 saturated heterocycles. The van der Waals surface area contributed by atoms with Gasteiger partial charge in [-0.3, -0.25) is 9.78 Å². The van der Waals surface area contributed by atoms with Crippen LogP contribution in [-0.2, 0) is 0 Å². The van der Waals surface area contributed by atoms with E-state index in [9.17, 15) is 4.79 Å². The molecule has 0 fully saturated rings. The van der Waals surface area contributed by atoms with Crippen molar-refractivity contribution in [3.63, 3.8) is 0 Å². The molecule has 1 aromatic carbocycles. The molecule has 0 aliphatic rings. The van der Waals surface area contributed by atoms with Crippen LogP contribution in [0.25, 0.3) is 11.1 Å². The lowest BCUT2D eigenvalue weighted by molar-refractivity contribution is 0.0709. The molecule has 1 amide bonds. The van der Waals surface area contributed by atoms with E-state index in [0.717, 1.165) is 11.1 Å². The average molecular weight is 300 g/mol. The molecular formula is C17H20N2O3. The monoisotopic (exact) mass is 300 g/mol. The van der Waals surface area contributed by atoms with Crippen molar-refractivity contribution in [1.82, 2.24) is 9.88 Å². The summed E-state index contributed by atoms with van der Waals surface area (Å²) in [5, 5.41) is 18.0. The van der Waals surface area contributed by atoms with Gasteiger partial charge in [0.05, 0.1) is 12.2 Å². The van der Waals surface area contributed by atoms with E-state index in [4.69, 9.17) is 10.2 Å². The van der Waals surface area contributed by atoms with E-state index in [2.05, 4.69) is 4.98 Å². The molecule has 0 bridgehead atoms. The summed E-state index contributed by atoms with van der Waals surface area (Å²) < 4.78 is 0. The van der Waals surface area contributed by atoms with E-state index in [0.29, 0.717) is 18.5 Å². The number of amides is 1. The molecule has 22 heavy (non-hydrogen) atoms. The van der Waals surface area contributed by atoms with Crippen LogP contribution in [0.15, 0.2) is 48.8 Å². The fourth-order valence-corrected chi connectivity index (χ4v) is 2.23. The van der Waals surface area contributed by atoms with Crippen molar-refractivity contribution in [2.75, 3.05) is 26.3 Å². The number of hydrogen-bond acceptors (Lipinski definition) is 4. The molecule has 5 nitrogen and oxygen atoms in total. The third-order valence-electron chi connectivity index (χ3n) is 3.34. The molecule has 0 saturated carbocycles. The number of benzene rings is 1. The zero-order chi connectivity index (χ0) is 15.8. The van der Waals surface area contributed by atoms with Gasteiger partial charge >= 0.3 is 0 Å². The smallest absolute Gasteiger partial charge is 0.255 e. The zero-order valence-corrected chi connectivity index (χ0v) is 12.4. The van der Waals surface area contributed by atoms with Gasteiger partial charge in [-0.2, -0.15) is 0 Å². The van der Waals surface area contributed by atoms with Crippen LogP contribution in [0.5, 0.6) is 0 Å². The predicted molar refractivity (Wildman–Crippen MR) is 84.4 cm³/mol. The summed E-state index contributed by atoms with van der Waals surface area (Å²) in [6.07, 6.45) is 3.73. The number of rotatable bonds is 7. The number of aliphatic hydroxyl groups excluding tert-OH is 2. The molecule has 1 aromatic heterocycles. The minimum Gasteiger partial charge on any atom is -0.396 e. The maximum Gasteiger partial charge on any atom is 0.255 e. The lowest BCUT2D eigenvalue weighted by Gasteiger charge is -2.21. The summed E-state index contributed by atoms with van der Waals surface area (Å²) in [5.41, 5.74) is 2.35. The van der Waals surface area contributed by atoms with Gasteiger partial charge in [-0.25, -0.2) is 0 Å². The Hall–Kier alpha value is -2.24. The minimum absolute atomic E-state index is 0.0114. The number of carbonyl (C=O) groups excluding carboxylic acids is 1. The average Bonchev–Trinajstić information content (AvgIpc) is 2.59. The SMILES string of the molecule is O=C(c1cncc(-c2ccccc2)c1)N(CCO)CCCO. The van der Waals surface area contributed by atoms with Crippen LogP contribution in [0.2, 0.25) is 0 Å². The molecule has 116 valence electrons. The Morgan fingerprint density at radius 3 is 2.45 bits per heavy atom. The third-order valence-corrected chi connectivity index (χ3v) is 3.34. The van der Waals surface area contributed by atoms with Gasteiger partial charge in [-0.1, -0.05) is 30.3 Å². The van der Waals surface area contributed by atoms with E-state index in [1.165, 1.54) is 11.1 Å². The van der Waals surface area contributed by atoms with E-state index in [1.807, 2.05) is 30.3 Å². The molecule has 0 aliphatic carbocycles. The summed E-state index contributed by atoms with van der Waals surface area (Å²) in [6.45, 7) is 0.556. The Balaban J connectivity index is 2.22. The molecule has 0 aliphatic heterocycles. The van der Waals surface area contributed by atoms with Gasteiger partial charge in [0.2, 0.25) is 0 Å². The fourth-order valence-electron chi connectivity index (χ4n) is 2.23. The summed E-state index contributed by atoms with van der Waals surface area (Å²) in [6, 6.07) is 11.5. The van der Waals surface area contributed by atoms with Gasteiger partial charge in [0.1, 0.15) is 0 Å². The maximum atomic E-state index is 12.5. The highest BCUT2D eigenvalue weighted by molar-refractivity contribution is 5.95. The first kappa shape index (κ1) is 16.1. The second-order valence-corrected chi connectivity index (χ2v) is 4.92. The largest absolute Gasteiger partial charge is 0.396 e. The molecule has 2 rings (SSSR count). The van der Waals surface area contributed by atoms with E-state index < -0.39 is 0 Å². The first-order valence-electron chi connectivity index (χ1n) is 7.27. The summed E-state index contributed by atoms with van der Waals surface area (Å²) in [5.74, 6) is -0.187. The standard InChI is InChI=1S/C17H20N2O3/c20-9-4-7-19(8-10-21)17(22)16-11-15(12-18-13-16)14-5-2-1-3-6-14/h1-3,5-6,11-13,20-21H,4,7-10H2.